The summed E-state index contributed by atoms with van der Waals surface area (Å²) in [4.78, 5) is 29.2. The number of amides is 2. The van der Waals surface area contributed by atoms with E-state index in [2.05, 4.69) is 22.0 Å². The van der Waals surface area contributed by atoms with E-state index in [9.17, 15) is 14.7 Å². The van der Waals surface area contributed by atoms with Crippen molar-refractivity contribution in [2.45, 2.75) is 90.1 Å². The van der Waals surface area contributed by atoms with Gasteiger partial charge in [0.1, 0.15) is 12.4 Å². The van der Waals surface area contributed by atoms with Gasteiger partial charge in [-0.1, -0.05) is 69.3 Å². The maximum absolute atomic E-state index is 13.8. The summed E-state index contributed by atoms with van der Waals surface area (Å²) in [6, 6.07) is 16.3. The molecule has 0 spiro atoms. The van der Waals surface area contributed by atoms with Crippen LogP contribution in [0, 0.1) is 5.92 Å². The van der Waals surface area contributed by atoms with Crippen molar-refractivity contribution in [2.24, 2.45) is 5.92 Å². The number of fused-ring (bicyclic) bond motifs is 1. The van der Waals surface area contributed by atoms with Crippen LogP contribution in [0.5, 0.6) is 5.75 Å². The van der Waals surface area contributed by atoms with E-state index < -0.39 is 23.7 Å². The number of nitrogens with one attached hydrogen (secondary N) is 3. The maximum atomic E-state index is 13.8. The Labute approximate surface area is 246 Å². The SMILES string of the molecule is CC1CCc2ccccc2OCCNC(C(C)C)C(=O)N(C)C(C(C)(C)O)CNC(C(C)c2ccccc2)C(=O)N1. The quantitative estimate of drug-likeness (QED) is 0.452. The third kappa shape index (κ3) is 9.02. The van der Waals surface area contributed by atoms with Gasteiger partial charge in [0.15, 0.2) is 0 Å². The third-order valence-electron chi connectivity index (χ3n) is 8.13. The van der Waals surface area contributed by atoms with Gasteiger partial charge in [-0.3, -0.25) is 9.59 Å². The average molecular weight is 567 g/mol. The highest BCUT2D eigenvalue weighted by Gasteiger charge is 2.38. The fraction of sp³-hybridized carbons (Fsp3) is 0.576. The van der Waals surface area contributed by atoms with Crippen LogP contribution in [0.3, 0.4) is 0 Å². The molecule has 0 fully saturated rings. The summed E-state index contributed by atoms with van der Waals surface area (Å²) >= 11 is 0. The minimum Gasteiger partial charge on any atom is -0.492 e. The highest BCUT2D eigenvalue weighted by Crippen LogP contribution is 2.23. The topological polar surface area (TPSA) is 103 Å². The van der Waals surface area contributed by atoms with Crippen molar-refractivity contribution in [1.29, 1.82) is 0 Å². The van der Waals surface area contributed by atoms with Crippen molar-refractivity contribution in [3.8, 4) is 5.75 Å². The number of ether oxygens (including phenoxy) is 1. The number of aliphatic hydroxyl groups is 1. The van der Waals surface area contributed by atoms with Crippen molar-refractivity contribution in [2.75, 3.05) is 26.7 Å². The minimum absolute atomic E-state index is 0.0244. The third-order valence-corrected chi connectivity index (χ3v) is 8.13. The average Bonchev–Trinajstić information content (AvgIpc) is 2.92. The largest absolute Gasteiger partial charge is 0.492 e. The van der Waals surface area contributed by atoms with Crippen molar-refractivity contribution < 1.29 is 19.4 Å². The molecule has 8 heteroatoms. The highest BCUT2D eigenvalue weighted by atomic mass is 16.5. The summed E-state index contributed by atoms with van der Waals surface area (Å²) in [5, 5.41) is 21.2. The number of nitrogens with zero attached hydrogens (tertiary/aromatic N) is 1. The fourth-order valence-corrected chi connectivity index (χ4v) is 5.53. The molecule has 1 aliphatic rings. The lowest BCUT2D eigenvalue weighted by Crippen LogP contribution is -2.61. The Morgan fingerprint density at radius 2 is 1.63 bits per heavy atom. The first-order valence-corrected chi connectivity index (χ1v) is 14.9. The molecule has 8 nitrogen and oxygen atoms in total. The van der Waals surface area contributed by atoms with Crippen LogP contribution in [0.25, 0.3) is 0 Å². The molecule has 2 aromatic rings. The first-order valence-electron chi connectivity index (χ1n) is 14.9. The first-order chi connectivity index (χ1) is 19.4. The number of carbonyl (C=O) groups excluding carboxylic acids is 2. The molecule has 0 radical (unpaired) electrons. The van der Waals surface area contributed by atoms with Crippen molar-refractivity contribution in [1.82, 2.24) is 20.9 Å². The number of benzene rings is 2. The van der Waals surface area contributed by atoms with Crippen molar-refractivity contribution in [3.63, 3.8) is 0 Å². The number of carbonyl (C=O) groups is 2. The molecule has 0 aromatic heterocycles. The number of aryl methyl sites for hydroxylation is 1. The van der Waals surface area contributed by atoms with Gasteiger partial charge in [-0.05, 0) is 56.7 Å². The normalized spacial score (nSPS) is 25.0. The second-order valence-corrected chi connectivity index (χ2v) is 12.3. The lowest BCUT2D eigenvalue weighted by atomic mass is 9.90. The van der Waals surface area contributed by atoms with E-state index in [1.807, 2.05) is 76.2 Å². The van der Waals surface area contributed by atoms with E-state index in [1.165, 1.54) is 0 Å². The molecule has 0 saturated heterocycles. The van der Waals surface area contributed by atoms with Crippen LogP contribution in [-0.2, 0) is 16.0 Å². The number of hydrogen-bond donors (Lipinski definition) is 4. The van der Waals surface area contributed by atoms with E-state index in [0.29, 0.717) is 13.2 Å². The Balaban J connectivity index is 1.96. The van der Waals surface area contributed by atoms with Crippen LogP contribution >= 0.6 is 0 Å². The molecule has 1 heterocycles. The molecule has 226 valence electrons. The summed E-state index contributed by atoms with van der Waals surface area (Å²) in [6.07, 6.45) is 1.52. The van der Waals surface area contributed by atoms with Gasteiger partial charge in [-0.2, -0.15) is 0 Å². The Morgan fingerprint density at radius 3 is 2.29 bits per heavy atom. The van der Waals surface area contributed by atoms with Crippen LogP contribution in [-0.4, -0.2) is 78.3 Å². The number of likely N-dealkylation sites (N-methyl/N-ethyl adjacent to an activating group) is 1. The monoisotopic (exact) mass is 566 g/mol. The lowest BCUT2D eigenvalue weighted by molar-refractivity contribution is -0.140. The smallest absolute Gasteiger partial charge is 0.240 e. The molecule has 5 unspecified atom stereocenters. The summed E-state index contributed by atoms with van der Waals surface area (Å²) in [6.45, 7) is 12.6. The first kappa shape index (κ1) is 32.6. The predicted molar refractivity (Wildman–Crippen MR) is 164 cm³/mol. The molecule has 0 saturated carbocycles. The summed E-state index contributed by atoms with van der Waals surface area (Å²) < 4.78 is 6.13. The van der Waals surface area contributed by atoms with Gasteiger partial charge in [0, 0.05) is 32.1 Å². The number of hydrogen-bond acceptors (Lipinski definition) is 6. The molecule has 0 aliphatic carbocycles. The Hall–Kier alpha value is -2.94. The van der Waals surface area contributed by atoms with Gasteiger partial charge in [-0.15, -0.1) is 0 Å². The number of para-hydroxylation sites is 1. The molecule has 5 atom stereocenters. The predicted octanol–water partition coefficient (Wildman–Crippen LogP) is 3.49. The minimum atomic E-state index is -1.21. The zero-order valence-electron chi connectivity index (χ0n) is 25.8. The highest BCUT2D eigenvalue weighted by molar-refractivity contribution is 5.83. The van der Waals surface area contributed by atoms with Crippen LogP contribution in [0.15, 0.2) is 54.6 Å². The van der Waals surface area contributed by atoms with E-state index in [0.717, 1.165) is 29.7 Å². The molecule has 1 aliphatic heterocycles. The van der Waals surface area contributed by atoms with Gasteiger partial charge >= 0.3 is 0 Å². The van der Waals surface area contributed by atoms with Gasteiger partial charge in [0.2, 0.25) is 11.8 Å². The summed E-state index contributed by atoms with van der Waals surface area (Å²) in [5.74, 6) is 0.483. The molecule has 0 bridgehead atoms. The zero-order valence-corrected chi connectivity index (χ0v) is 25.8. The molecule has 3 rings (SSSR count). The van der Waals surface area contributed by atoms with E-state index in [4.69, 9.17) is 4.74 Å². The summed E-state index contributed by atoms with van der Waals surface area (Å²) in [7, 11) is 1.73. The standard InChI is InChI=1S/C33H50N4O4/c1-22(2)29-32(39)37(7)28(33(5,6)40)21-35-30(24(4)25-13-9-8-10-14-25)31(38)36-23(3)17-18-26-15-11-12-16-27(26)41-20-19-34-29/h8-16,22-24,28-30,34-35,40H,17-21H2,1-7H3,(H,36,38). The molecular formula is C33H50N4O4. The summed E-state index contributed by atoms with van der Waals surface area (Å²) in [5.41, 5.74) is 0.914. The van der Waals surface area contributed by atoms with Gasteiger partial charge in [0.25, 0.3) is 0 Å². The fourth-order valence-electron chi connectivity index (χ4n) is 5.53. The Kier molecular flexibility index (Phi) is 11.8. The van der Waals surface area contributed by atoms with Crippen LogP contribution < -0.4 is 20.7 Å². The molecular weight excluding hydrogens is 516 g/mol. The molecule has 2 aromatic carbocycles. The maximum Gasteiger partial charge on any atom is 0.240 e. The van der Waals surface area contributed by atoms with Crippen molar-refractivity contribution in [3.05, 3.63) is 65.7 Å². The zero-order chi connectivity index (χ0) is 30.2. The second-order valence-electron chi connectivity index (χ2n) is 12.3. The molecule has 4 N–H and O–H groups in total. The Morgan fingerprint density at radius 1 is 0.976 bits per heavy atom. The van der Waals surface area contributed by atoms with Crippen LogP contribution in [0.2, 0.25) is 0 Å². The Bertz CT molecular complexity index is 1120. The van der Waals surface area contributed by atoms with Crippen LogP contribution in [0.1, 0.15) is 65.0 Å². The van der Waals surface area contributed by atoms with E-state index in [1.54, 1.807) is 25.8 Å². The van der Waals surface area contributed by atoms with E-state index >= 15 is 0 Å². The number of rotatable bonds is 4. The van der Waals surface area contributed by atoms with Gasteiger partial charge < -0.3 is 30.7 Å². The van der Waals surface area contributed by atoms with Gasteiger partial charge in [-0.25, -0.2) is 0 Å². The van der Waals surface area contributed by atoms with E-state index in [-0.39, 0.29) is 36.2 Å². The molecule has 2 amide bonds. The van der Waals surface area contributed by atoms with Crippen molar-refractivity contribution >= 4 is 11.8 Å². The van der Waals surface area contributed by atoms with Crippen LogP contribution in [0.4, 0.5) is 0 Å². The lowest BCUT2D eigenvalue weighted by Gasteiger charge is -2.40. The molecule has 41 heavy (non-hydrogen) atoms. The second kappa shape index (κ2) is 14.8. The van der Waals surface area contributed by atoms with Gasteiger partial charge in [0.05, 0.1) is 23.7 Å².